The zero-order valence-corrected chi connectivity index (χ0v) is 18.7. The smallest absolute Gasteiger partial charge is 0.409 e. The number of nitrogens with zero attached hydrogens (tertiary/aromatic N) is 2. The largest absolute Gasteiger partial charge is 0.492 e. The molecule has 3 N–H and O–H groups in total. The zero-order valence-electron chi connectivity index (χ0n) is 14.8. The van der Waals surface area contributed by atoms with Crippen molar-refractivity contribution in [3.63, 3.8) is 0 Å². The maximum Gasteiger partial charge on any atom is 0.409 e. The van der Waals surface area contributed by atoms with Gasteiger partial charge in [0.25, 0.3) is 0 Å². The lowest BCUT2D eigenvalue weighted by Crippen LogP contribution is -2.48. The van der Waals surface area contributed by atoms with Crippen LogP contribution in [0.1, 0.15) is 19.8 Å². The van der Waals surface area contributed by atoms with Crippen LogP contribution in [-0.4, -0.2) is 55.8 Å². The minimum Gasteiger partial charge on any atom is -0.492 e. The summed E-state index contributed by atoms with van der Waals surface area (Å²) >= 11 is 3.40. The number of ether oxygens (including phenoxy) is 2. The van der Waals surface area contributed by atoms with Crippen molar-refractivity contribution >= 4 is 52.0 Å². The fourth-order valence-corrected chi connectivity index (χ4v) is 2.94. The second-order valence-electron chi connectivity index (χ2n) is 5.68. The lowest BCUT2D eigenvalue weighted by atomic mass is 10.1. The van der Waals surface area contributed by atoms with Crippen molar-refractivity contribution in [2.45, 2.75) is 25.8 Å². The molecule has 7 nitrogen and oxygen atoms in total. The van der Waals surface area contributed by atoms with Gasteiger partial charge in [0.05, 0.1) is 13.2 Å². The maximum absolute atomic E-state index is 11.7. The first-order valence-corrected chi connectivity index (χ1v) is 9.24. The highest BCUT2D eigenvalue weighted by Crippen LogP contribution is 2.17. The molecule has 0 saturated carbocycles. The van der Waals surface area contributed by atoms with Crippen LogP contribution in [0.25, 0.3) is 0 Å². The molecule has 146 valence electrons. The van der Waals surface area contributed by atoms with Crippen molar-refractivity contribution in [3.05, 3.63) is 28.7 Å². The van der Waals surface area contributed by atoms with E-state index in [4.69, 9.17) is 15.2 Å². The molecule has 9 heteroatoms. The summed E-state index contributed by atoms with van der Waals surface area (Å²) in [5, 5.41) is 3.20. The first-order chi connectivity index (χ1) is 12.1. The number of hydrogen-bond donors (Lipinski definition) is 2. The van der Waals surface area contributed by atoms with Crippen molar-refractivity contribution in [2.75, 3.05) is 32.8 Å². The molecule has 0 aromatic heterocycles. The molecule has 1 saturated heterocycles. The van der Waals surface area contributed by atoms with E-state index in [1.165, 1.54) is 0 Å². The van der Waals surface area contributed by atoms with E-state index in [-0.39, 0.29) is 36.1 Å². The highest BCUT2D eigenvalue weighted by Gasteiger charge is 2.23. The van der Waals surface area contributed by atoms with Gasteiger partial charge in [-0.05, 0) is 38.0 Å². The van der Waals surface area contributed by atoms with Gasteiger partial charge in [0, 0.05) is 23.6 Å². The molecule has 26 heavy (non-hydrogen) atoms. The van der Waals surface area contributed by atoms with E-state index in [2.05, 4.69) is 26.2 Å². The summed E-state index contributed by atoms with van der Waals surface area (Å²) in [4.78, 5) is 17.7. The van der Waals surface area contributed by atoms with E-state index in [1.54, 1.807) is 4.90 Å². The Morgan fingerprint density at radius 1 is 1.42 bits per heavy atom. The maximum atomic E-state index is 11.7. The van der Waals surface area contributed by atoms with Crippen LogP contribution < -0.4 is 15.8 Å². The van der Waals surface area contributed by atoms with Crippen molar-refractivity contribution in [1.29, 1.82) is 0 Å². The number of hydrogen-bond acceptors (Lipinski definition) is 4. The number of likely N-dealkylation sites (tertiary alicyclic amines) is 1. The molecule has 2 rings (SSSR count). The molecule has 1 heterocycles. The van der Waals surface area contributed by atoms with Crippen LogP contribution in [0.2, 0.25) is 0 Å². The molecule has 1 aromatic carbocycles. The minimum atomic E-state index is -0.243. The Morgan fingerprint density at radius 3 is 2.81 bits per heavy atom. The molecule has 0 spiro atoms. The van der Waals surface area contributed by atoms with Crippen LogP contribution in [0.5, 0.6) is 5.75 Å². The second-order valence-corrected chi connectivity index (χ2v) is 6.59. The summed E-state index contributed by atoms with van der Waals surface area (Å²) in [6.07, 6.45) is 1.40. The second kappa shape index (κ2) is 12.2. The molecular weight excluding hydrogens is 515 g/mol. The lowest BCUT2D eigenvalue weighted by molar-refractivity contribution is 0.0963. The average Bonchev–Trinajstić information content (AvgIpc) is 2.60. The van der Waals surface area contributed by atoms with Crippen molar-refractivity contribution in [2.24, 2.45) is 10.7 Å². The summed E-state index contributed by atoms with van der Waals surface area (Å²) in [5.74, 6) is 1.20. The summed E-state index contributed by atoms with van der Waals surface area (Å²) < 4.78 is 11.6. The van der Waals surface area contributed by atoms with Crippen molar-refractivity contribution < 1.29 is 14.3 Å². The van der Waals surface area contributed by atoms with E-state index in [9.17, 15) is 4.79 Å². The van der Waals surface area contributed by atoms with Gasteiger partial charge in [-0.25, -0.2) is 9.79 Å². The molecular formula is C17H26BrIN4O3. The van der Waals surface area contributed by atoms with E-state index in [1.807, 2.05) is 31.2 Å². The molecule has 0 radical (unpaired) electrons. The summed E-state index contributed by atoms with van der Waals surface area (Å²) in [6.45, 7) is 4.47. The normalized spacial score (nSPS) is 15.2. The molecule has 1 aliphatic rings. The number of rotatable bonds is 6. The van der Waals surface area contributed by atoms with Gasteiger partial charge in [-0.2, -0.15) is 0 Å². The number of nitrogens with one attached hydrogen (secondary N) is 1. The standard InChI is InChI=1S/C17H25BrN4O3.HI/c1-2-24-17(23)22-9-6-14(7-10-22)21-16(19)20-8-11-25-15-5-3-4-13(18)12-15;/h3-5,12,14H,2,6-11H2,1H3,(H3,19,20,21);1H. The number of aliphatic imine (C=N–C) groups is 1. The third kappa shape index (κ3) is 7.98. The first-order valence-electron chi connectivity index (χ1n) is 8.45. The Kier molecular flexibility index (Phi) is 10.7. The third-order valence-corrected chi connectivity index (χ3v) is 4.30. The lowest BCUT2D eigenvalue weighted by Gasteiger charge is -2.31. The van der Waals surface area contributed by atoms with Gasteiger partial charge in [0.2, 0.25) is 0 Å². The monoisotopic (exact) mass is 540 g/mol. The number of halogens is 2. The average molecular weight is 541 g/mol. The summed E-state index contributed by atoms with van der Waals surface area (Å²) in [7, 11) is 0. The predicted molar refractivity (Wildman–Crippen MR) is 116 cm³/mol. The Labute approximate surface area is 179 Å². The number of benzene rings is 1. The molecule has 1 aliphatic heterocycles. The predicted octanol–water partition coefficient (Wildman–Crippen LogP) is 2.97. The van der Waals surface area contributed by atoms with Crippen LogP contribution in [-0.2, 0) is 4.74 Å². The van der Waals surface area contributed by atoms with Crippen LogP contribution in [0.4, 0.5) is 4.79 Å². The van der Waals surface area contributed by atoms with Gasteiger partial charge in [0.1, 0.15) is 12.4 Å². The van der Waals surface area contributed by atoms with Crippen LogP contribution >= 0.6 is 39.9 Å². The molecule has 1 fully saturated rings. The van der Waals surface area contributed by atoms with Crippen LogP contribution in [0.15, 0.2) is 33.7 Å². The van der Waals surface area contributed by atoms with Crippen LogP contribution in [0, 0.1) is 0 Å². The minimum absolute atomic E-state index is 0. The topological polar surface area (TPSA) is 89.2 Å². The Hall–Kier alpha value is -1.23. The summed E-state index contributed by atoms with van der Waals surface area (Å²) in [6, 6.07) is 7.89. The van der Waals surface area contributed by atoms with Crippen molar-refractivity contribution in [3.8, 4) is 5.75 Å². The van der Waals surface area contributed by atoms with E-state index < -0.39 is 0 Å². The first kappa shape index (κ1) is 22.8. The number of amides is 1. The van der Waals surface area contributed by atoms with Gasteiger partial charge in [-0.15, -0.1) is 24.0 Å². The summed E-state index contributed by atoms with van der Waals surface area (Å²) in [5.41, 5.74) is 5.92. The fourth-order valence-electron chi connectivity index (χ4n) is 2.56. The number of piperidine rings is 1. The van der Waals surface area contributed by atoms with Gasteiger partial charge in [0.15, 0.2) is 5.96 Å². The molecule has 0 bridgehead atoms. The highest BCUT2D eigenvalue weighted by molar-refractivity contribution is 14.0. The van der Waals surface area contributed by atoms with E-state index in [0.717, 1.165) is 23.1 Å². The van der Waals surface area contributed by atoms with Crippen molar-refractivity contribution in [1.82, 2.24) is 10.2 Å². The van der Waals surface area contributed by atoms with Gasteiger partial charge in [-0.3, -0.25) is 0 Å². The van der Waals surface area contributed by atoms with Gasteiger partial charge >= 0.3 is 6.09 Å². The highest BCUT2D eigenvalue weighted by atomic mass is 127. The van der Waals surface area contributed by atoms with Gasteiger partial charge < -0.3 is 25.4 Å². The Bertz CT molecular complexity index is 595. The van der Waals surface area contributed by atoms with Crippen LogP contribution in [0.3, 0.4) is 0 Å². The van der Waals surface area contributed by atoms with E-state index >= 15 is 0 Å². The SMILES string of the molecule is CCOC(=O)N1CCC(NC(N)=NCCOc2cccc(Br)c2)CC1.I. The Balaban J connectivity index is 0.00000338. The molecule has 0 atom stereocenters. The molecule has 0 aliphatic carbocycles. The fraction of sp³-hybridized carbons (Fsp3) is 0.529. The third-order valence-electron chi connectivity index (χ3n) is 3.81. The number of nitrogens with two attached hydrogens (primary N) is 1. The number of carbonyl (C=O) groups is 1. The molecule has 0 unspecified atom stereocenters. The zero-order chi connectivity index (χ0) is 18.1. The number of carbonyl (C=O) groups excluding carboxylic acids is 1. The molecule has 1 amide bonds. The number of guanidine groups is 1. The van der Waals surface area contributed by atoms with E-state index in [0.29, 0.717) is 38.8 Å². The van der Waals surface area contributed by atoms with Gasteiger partial charge in [-0.1, -0.05) is 22.0 Å². The quantitative estimate of drug-likeness (QED) is 0.251. The molecule has 1 aromatic rings. The Morgan fingerprint density at radius 2 is 2.15 bits per heavy atom.